The number of carbonyl (C=O) groups excluding carboxylic acids is 1. The maximum atomic E-state index is 11.3. The second-order valence-electron chi connectivity index (χ2n) is 3.20. The molecule has 15 heavy (non-hydrogen) atoms. The molecule has 0 saturated carbocycles. The summed E-state index contributed by atoms with van der Waals surface area (Å²) in [4.78, 5) is 11.1. The third kappa shape index (κ3) is 7.94. The molecule has 6 heteroatoms. The lowest BCUT2D eigenvalue weighted by molar-refractivity contribution is -0.118. The number of nitrogens with one attached hydrogen (secondary N) is 1. The van der Waals surface area contributed by atoms with Crippen LogP contribution in [-0.2, 0) is 14.6 Å². The third-order valence-electron chi connectivity index (χ3n) is 1.67. The zero-order valence-electron chi connectivity index (χ0n) is 8.82. The molecule has 0 aromatic rings. The standard InChI is InChI=1S/C9H16N2O3S/c1-2-6-11-9(12)8-15(13,14)7-4-3-5-10/h2-4,6-8H2,1H3,(H,11,12). The van der Waals surface area contributed by atoms with Crippen LogP contribution in [0, 0.1) is 11.3 Å². The molecule has 86 valence electrons. The molecule has 1 amide bonds. The van der Waals surface area contributed by atoms with Crippen LogP contribution in [0.3, 0.4) is 0 Å². The van der Waals surface area contributed by atoms with Gasteiger partial charge in [-0.2, -0.15) is 5.26 Å². The lowest BCUT2D eigenvalue weighted by atomic mass is 10.4. The summed E-state index contributed by atoms with van der Waals surface area (Å²) in [6.45, 7) is 2.38. The Morgan fingerprint density at radius 2 is 2.13 bits per heavy atom. The first-order valence-corrected chi connectivity index (χ1v) is 6.68. The van der Waals surface area contributed by atoms with Crippen molar-refractivity contribution in [3.8, 4) is 6.07 Å². The zero-order chi connectivity index (χ0) is 11.7. The fourth-order valence-electron chi connectivity index (χ4n) is 0.958. The monoisotopic (exact) mass is 232 g/mol. The van der Waals surface area contributed by atoms with E-state index < -0.39 is 21.5 Å². The topological polar surface area (TPSA) is 87.0 Å². The zero-order valence-corrected chi connectivity index (χ0v) is 9.64. The smallest absolute Gasteiger partial charge is 0.235 e. The predicted molar refractivity (Wildman–Crippen MR) is 56.8 cm³/mol. The minimum atomic E-state index is -3.35. The fraction of sp³-hybridized carbons (Fsp3) is 0.778. The van der Waals surface area contributed by atoms with Crippen LogP contribution in [0.4, 0.5) is 0 Å². The number of hydrogen-bond acceptors (Lipinski definition) is 4. The van der Waals surface area contributed by atoms with Crippen LogP contribution in [0.15, 0.2) is 0 Å². The highest BCUT2D eigenvalue weighted by Gasteiger charge is 2.15. The van der Waals surface area contributed by atoms with Gasteiger partial charge in [-0.1, -0.05) is 6.92 Å². The van der Waals surface area contributed by atoms with E-state index in [9.17, 15) is 13.2 Å². The van der Waals surface area contributed by atoms with Crippen LogP contribution in [0.25, 0.3) is 0 Å². The number of nitrogens with zero attached hydrogens (tertiary/aromatic N) is 1. The van der Waals surface area contributed by atoms with Crippen molar-refractivity contribution in [2.24, 2.45) is 0 Å². The molecule has 0 rings (SSSR count). The fourth-order valence-corrected chi connectivity index (χ4v) is 2.19. The van der Waals surface area contributed by atoms with Gasteiger partial charge >= 0.3 is 0 Å². The van der Waals surface area contributed by atoms with Crippen molar-refractivity contribution in [3.63, 3.8) is 0 Å². The largest absolute Gasteiger partial charge is 0.355 e. The minimum Gasteiger partial charge on any atom is -0.355 e. The number of hydrogen-bond donors (Lipinski definition) is 1. The molecule has 1 N–H and O–H groups in total. The van der Waals surface area contributed by atoms with E-state index in [1.54, 1.807) is 0 Å². The Hall–Kier alpha value is -1.09. The van der Waals surface area contributed by atoms with Crippen molar-refractivity contribution in [2.45, 2.75) is 26.2 Å². The summed E-state index contributed by atoms with van der Waals surface area (Å²) in [6, 6.07) is 1.86. The highest BCUT2D eigenvalue weighted by molar-refractivity contribution is 7.92. The molecule has 0 aliphatic carbocycles. The van der Waals surface area contributed by atoms with Gasteiger partial charge in [0.2, 0.25) is 5.91 Å². The van der Waals surface area contributed by atoms with Crippen molar-refractivity contribution in [3.05, 3.63) is 0 Å². The predicted octanol–water partition coefficient (Wildman–Crippen LogP) is 0.231. The van der Waals surface area contributed by atoms with Gasteiger partial charge in [-0.25, -0.2) is 8.42 Å². The molecule has 0 spiro atoms. The second-order valence-corrected chi connectivity index (χ2v) is 5.39. The Morgan fingerprint density at radius 1 is 1.47 bits per heavy atom. The van der Waals surface area contributed by atoms with E-state index in [-0.39, 0.29) is 12.2 Å². The van der Waals surface area contributed by atoms with Crippen LogP contribution >= 0.6 is 0 Å². The summed E-state index contributed by atoms with van der Waals surface area (Å²) in [6.07, 6.45) is 1.27. The van der Waals surface area contributed by atoms with Gasteiger partial charge in [0.1, 0.15) is 5.75 Å². The van der Waals surface area contributed by atoms with Crippen molar-refractivity contribution in [1.29, 1.82) is 5.26 Å². The van der Waals surface area contributed by atoms with Gasteiger partial charge in [0.25, 0.3) is 0 Å². The molecular formula is C9H16N2O3S. The van der Waals surface area contributed by atoms with Crippen LogP contribution in [0.1, 0.15) is 26.2 Å². The SMILES string of the molecule is CCCNC(=O)CS(=O)(=O)CCCC#N. The summed E-state index contributed by atoms with van der Waals surface area (Å²) in [5.41, 5.74) is 0. The maximum absolute atomic E-state index is 11.3. The molecule has 0 aromatic carbocycles. The molecule has 0 radical (unpaired) electrons. The Morgan fingerprint density at radius 3 is 2.67 bits per heavy atom. The van der Waals surface area contributed by atoms with Gasteiger partial charge in [-0.3, -0.25) is 4.79 Å². The molecule has 0 heterocycles. The molecule has 0 fully saturated rings. The van der Waals surface area contributed by atoms with Gasteiger partial charge in [-0.05, 0) is 12.8 Å². The molecule has 5 nitrogen and oxygen atoms in total. The van der Waals surface area contributed by atoms with Crippen molar-refractivity contribution >= 4 is 15.7 Å². The first-order valence-electron chi connectivity index (χ1n) is 4.86. The van der Waals surface area contributed by atoms with Crippen LogP contribution in [0.2, 0.25) is 0 Å². The second kappa shape index (κ2) is 7.23. The lowest BCUT2D eigenvalue weighted by Crippen LogP contribution is -2.31. The molecule has 0 unspecified atom stereocenters. The highest BCUT2D eigenvalue weighted by Crippen LogP contribution is 1.96. The number of amides is 1. The Bertz CT molecular complexity index is 330. The molecule has 0 aromatic heterocycles. The van der Waals surface area contributed by atoms with Gasteiger partial charge in [-0.15, -0.1) is 0 Å². The average Bonchev–Trinajstić information content (AvgIpc) is 2.14. The van der Waals surface area contributed by atoms with E-state index in [0.29, 0.717) is 13.0 Å². The van der Waals surface area contributed by atoms with Crippen molar-refractivity contribution in [2.75, 3.05) is 18.1 Å². The van der Waals surface area contributed by atoms with Crippen LogP contribution in [0.5, 0.6) is 0 Å². The summed E-state index contributed by atoms with van der Waals surface area (Å²) in [5.74, 6) is -1.03. The first kappa shape index (κ1) is 13.9. The van der Waals surface area contributed by atoms with E-state index in [2.05, 4.69) is 5.32 Å². The first-order chi connectivity index (χ1) is 7.02. The van der Waals surface area contributed by atoms with E-state index in [0.717, 1.165) is 6.42 Å². The number of sulfone groups is 1. The average molecular weight is 232 g/mol. The molecular weight excluding hydrogens is 216 g/mol. The number of unbranched alkanes of at least 4 members (excludes halogenated alkanes) is 1. The number of rotatable bonds is 7. The van der Waals surface area contributed by atoms with Crippen LogP contribution in [-0.4, -0.2) is 32.4 Å². The molecule has 0 aliphatic heterocycles. The van der Waals surface area contributed by atoms with Gasteiger partial charge < -0.3 is 5.32 Å². The normalized spacial score (nSPS) is 10.7. The molecule has 0 atom stereocenters. The van der Waals surface area contributed by atoms with Gasteiger partial charge in [0.05, 0.1) is 11.8 Å². The molecule has 0 bridgehead atoms. The summed E-state index contributed by atoms with van der Waals surface area (Å²) < 4.78 is 22.6. The van der Waals surface area contributed by atoms with Crippen LogP contribution < -0.4 is 5.32 Å². The number of nitriles is 1. The maximum Gasteiger partial charge on any atom is 0.235 e. The summed E-state index contributed by atoms with van der Waals surface area (Å²) in [7, 11) is -3.35. The lowest BCUT2D eigenvalue weighted by Gasteiger charge is -2.04. The minimum absolute atomic E-state index is 0.0971. The number of carbonyl (C=O) groups is 1. The van der Waals surface area contributed by atoms with E-state index in [4.69, 9.17) is 5.26 Å². The third-order valence-corrected chi connectivity index (χ3v) is 3.28. The summed E-state index contributed by atoms with van der Waals surface area (Å²) >= 11 is 0. The van der Waals surface area contributed by atoms with Crippen molar-refractivity contribution < 1.29 is 13.2 Å². The molecule has 0 aliphatic rings. The molecule has 0 saturated heterocycles. The van der Waals surface area contributed by atoms with Gasteiger partial charge in [0.15, 0.2) is 9.84 Å². The van der Waals surface area contributed by atoms with E-state index >= 15 is 0 Å². The Kier molecular flexibility index (Phi) is 6.71. The Balaban J connectivity index is 3.93. The quantitative estimate of drug-likeness (QED) is 0.636. The highest BCUT2D eigenvalue weighted by atomic mass is 32.2. The summed E-state index contributed by atoms with van der Waals surface area (Å²) in [5, 5.41) is 10.7. The van der Waals surface area contributed by atoms with Gasteiger partial charge in [0, 0.05) is 13.0 Å². The van der Waals surface area contributed by atoms with E-state index in [1.807, 2.05) is 13.0 Å². The Labute approximate surface area is 90.4 Å². The van der Waals surface area contributed by atoms with E-state index in [1.165, 1.54) is 0 Å². The van der Waals surface area contributed by atoms with Crippen molar-refractivity contribution in [1.82, 2.24) is 5.32 Å².